The van der Waals surface area contributed by atoms with E-state index in [0.717, 1.165) is 0 Å². The number of carbonyl (C=O) groups is 1. The van der Waals surface area contributed by atoms with E-state index in [4.69, 9.17) is 0 Å². The molecule has 19 heavy (non-hydrogen) atoms. The standard InChI is InChI=1S/C13H20N2O3S/c1-3-10-19(17,18)12-7-5-4-6-11(12)13(16)15-9-8-14-2/h4-7,14H,3,8-10H2,1-2H3,(H,15,16). The van der Waals surface area contributed by atoms with Gasteiger partial charge in [-0.25, -0.2) is 8.42 Å². The maximum atomic E-state index is 12.1. The van der Waals surface area contributed by atoms with E-state index < -0.39 is 9.84 Å². The lowest BCUT2D eigenvalue weighted by molar-refractivity contribution is 0.0951. The molecule has 0 aliphatic heterocycles. The zero-order valence-corrected chi connectivity index (χ0v) is 12.1. The zero-order chi connectivity index (χ0) is 14.3. The summed E-state index contributed by atoms with van der Waals surface area (Å²) in [6, 6.07) is 6.32. The molecule has 0 aliphatic rings. The molecule has 1 aromatic rings. The van der Waals surface area contributed by atoms with Crippen LogP contribution in [-0.4, -0.2) is 40.2 Å². The summed E-state index contributed by atoms with van der Waals surface area (Å²) in [5.41, 5.74) is 0.215. The molecular weight excluding hydrogens is 264 g/mol. The molecule has 0 bridgehead atoms. The fraction of sp³-hybridized carbons (Fsp3) is 0.462. The monoisotopic (exact) mass is 284 g/mol. The van der Waals surface area contributed by atoms with Crippen LogP contribution in [0.4, 0.5) is 0 Å². The van der Waals surface area contributed by atoms with E-state index in [0.29, 0.717) is 19.5 Å². The number of carbonyl (C=O) groups excluding carboxylic acids is 1. The van der Waals surface area contributed by atoms with Gasteiger partial charge in [-0.1, -0.05) is 19.1 Å². The van der Waals surface area contributed by atoms with Crippen LogP contribution in [-0.2, 0) is 9.84 Å². The highest BCUT2D eigenvalue weighted by atomic mass is 32.2. The van der Waals surface area contributed by atoms with Crippen LogP contribution < -0.4 is 10.6 Å². The second-order valence-electron chi connectivity index (χ2n) is 4.17. The third kappa shape index (κ3) is 4.33. The van der Waals surface area contributed by atoms with E-state index in [1.165, 1.54) is 12.1 Å². The normalized spacial score (nSPS) is 11.3. The molecule has 0 aliphatic carbocycles. The summed E-state index contributed by atoms with van der Waals surface area (Å²) < 4.78 is 24.2. The largest absolute Gasteiger partial charge is 0.351 e. The van der Waals surface area contributed by atoms with Crippen molar-refractivity contribution in [1.82, 2.24) is 10.6 Å². The Kier molecular flexibility index (Phi) is 5.98. The van der Waals surface area contributed by atoms with Crippen LogP contribution in [0.2, 0.25) is 0 Å². The van der Waals surface area contributed by atoms with Crippen molar-refractivity contribution in [3.05, 3.63) is 29.8 Å². The van der Waals surface area contributed by atoms with Gasteiger partial charge in [0.05, 0.1) is 16.2 Å². The van der Waals surface area contributed by atoms with Gasteiger partial charge in [0.1, 0.15) is 0 Å². The third-order valence-electron chi connectivity index (χ3n) is 2.60. The highest BCUT2D eigenvalue weighted by Gasteiger charge is 2.20. The van der Waals surface area contributed by atoms with Crippen molar-refractivity contribution in [2.75, 3.05) is 25.9 Å². The Labute approximate surface area is 114 Å². The quantitative estimate of drug-likeness (QED) is 0.727. The molecule has 0 saturated carbocycles. The minimum Gasteiger partial charge on any atom is -0.351 e. The SMILES string of the molecule is CCCS(=O)(=O)c1ccccc1C(=O)NCCNC. The predicted octanol–water partition coefficient (Wildman–Crippen LogP) is 0.820. The van der Waals surface area contributed by atoms with Crippen LogP contribution in [0.25, 0.3) is 0 Å². The summed E-state index contributed by atoms with van der Waals surface area (Å²) in [7, 11) is -1.61. The minimum atomic E-state index is -3.39. The Morgan fingerprint density at radius 1 is 1.21 bits per heavy atom. The molecular formula is C13H20N2O3S. The van der Waals surface area contributed by atoms with Crippen LogP contribution in [0.5, 0.6) is 0 Å². The number of hydrogen-bond donors (Lipinski definition) is 2. The molecule has 106 valence electrons. The first-order chi connectivity index (χ1) is 9.03. The molecule has 0 fully saturated rings. The molecule has 0 radical (unpaired) electrons. The van der Waals surface area contributed by atoms with Crippen molar-refractivity contribution in [3.8, 4) is 0 Å². The predicted molar refractivity (Wildman–Crippen MR) is 75.0 cm³/mol. The van der Waals surface area contributed by atoms with Gasteiger partial charge in [-0.3, -0.25) is 4.79 Å². The molecule has 5 nitrogen and oxygen atoms in total. The van der Waals surface area contributed by atoms with Gasteiger partial charge in [-0.2, -0.15) is 0 Å². The average molecular weight is 284 g/mol. The summed E-state index contributed by atoms with van der Waals surface area (Å²) in [6.07, 6.45) is 0.526. The lowest BCUT2D eigenvalue weighted by Crippen LogP contribution is -2.31. The Balaban J connectivity index is 2.99. The van der Waals surface area contributed by atoms with Crippen LogP contribution >= 0.6 is 0 Å². The Morgan fingerprint density at radius 3 is 2.53 bits per heavy atom. The van der Waals surface area contributed by atoms with Crippen LogP contribution in [0.1, 0.15) is 23.7 Å². The summed E-state index contributed by atoms with van der Waals surface area (Å²) in [5.74, 6) is -0.307. The molecule has 1 amide bonds. The van der Waals surface area contributed by atoms with Gasteiger partial charge >= 0.3 is 0 Å². The fourth-order valence-electron chi connectivity index (χ4n) is 1.70. The van der Waals surface area contributed by atoms with Crippen molar-refractivity contribution in [3.63, 3.8) is 0 Å². The molecule has 1 rings (SSSR count). The Hall–Kier alpha value is -1.40. The minimum absolute atomic E-state index is 0.0494. The number of benzene rings is 1. The van der Waals surface area contributed by atoms with Gasteiger partial charge in [-0.15, -0.1) is 0 Å². The van der Waals surface area contributed by atoms with Crippen molar-refractivity contribution >= 4 is 15.7 Å². The Bertz CT molecular complexity index is 526. The van der Waals surface area contributed by atoms with E-state index in [1.807, 2.05) is 0 Å². The van der Waals surface area contributed by atoms with Gasteiger partial charge in [0.25, 0.3) is 5.91 Å². The number of rotatable bonds is 7. The van der Waals surface area contributed by atoms with Crippen LogP contribution in [0.15, 0.2) is 29.2 Å². The number of hydrogen-bond acceptors (Lipinski definition) is 4. The molecule has 0 atom stereocenters. The second-order valence-corrected chi connectivity index (χ2v) is 6.25. The first-order valence-electron chi connectivity index (χ1n) is 6.27. The van der Waals surface area contributed by atoms with E-state index in [-0.39, 0.29) is 22.1 Å². The highest BCUT2D eigenvalue weighted by molar-refractivity contribution is 7.91. The van der Waals surface area contributed by atoms with Crippen LogP contribution in [0.3, 0.4) is 0 Å². The number of amides is 1. The summed E-state index contributed by atoms with van der Waals surface area (Å²) in [4.78, 5) is 12.1. The maximum Gasteiger partial charge on any atom is 0.252 e. The number of nitrogens with one attached hydrogen (secondary N) is 2. The molecule has 6 heteroatoms. The van der Waals surface area contributed by atoms with E-state index in [2.05, 4.69) is 10.6 Å². The number of likely N-dealkylation sites (N-methyl/N-ethyl adjacent to an activating group) is 1. The van der Waals surface area contributed by atoms with E-state index in [9.17, 15) is 13.2 Å². The van der Waals surface area contributed by atoms with Crippen molar-refractivity contribution in [2.24, 2.45) is 0 Å². The molecule has 0 heterocycles. The average Bonchev–Trinajstić information content (AvgIpc) is 2.39. The Morgan fingerprint density at radius 2 is 1.89 bits per heavy atom. The first-order valence-corrected chi connectivity index (χ1v) is 7.92. The topological polar surface area (TPSA) is 75.3 Å². The highest BCUT2D eigenvalue weighted by Crippen LogP contribution is 2.17. The lowest BCUT2D eigenvalue weighted by Gasteiger charge is -2.10. The van der Waals surface area contributed by atoms with Gasteiger partial charge < -0.3 is 10.6 Å². The van der Waals surface area contributed by atoms with Crippen molar-refractivity contribution in [2.45, 2.75) is 18.2 Å². The zero-order valence-electron chi connectivity index (χ0n) is 11.3. The first kappa shape index (κ1) is 15.7. The molecule has 0 saturated heterocycles. The molecule has 1 aromatic carbocycles. The fourth-order valence-corrected chi connectivity index (χ4v) is 3.24. The van der Waals surface area contributed by atoms with E-state index >= 15 is 0 Å². The number of sulfone groups is 1. The molecule has 0 spiro atoms. The second kappa shape index (κ2) is 7.25. The van der Waals surface area contributed by atoms with Gasteiger partial charge in [0.15, 0.2) is 9.84 Å². The molecule has 0 unspecified atom stereocenters. The van der Waals surface area contributed by atoms with Gasteiger partial charge in [0, 0.05) is 13.1 Å². The summed E-state index contributed by atoms with van der Waals surface area (Å²) in [5, 5.41) is 5.60. The van der Waals surface area contributed by atoms with Crippen molar-refractivity contribution < 1.29 is 13.2 Å². The summed E-state index contributed by atoms with van der Waals surface area (Å²) in [6.45, 7) is 2.89. The van der Waals surface area contributed by atoms with E-state index in [1.54, 1.807) is 26.1 Å². The summed E-state index contributed by atoms with van der Waals surface area (Å²) >= 11 is 0. The smallest absolute Gasteiger partial charge is 0.252 e. The molecule has 2 N–H and O–H groups in total. The maximum absolute atomic E-state index is 12.1. The van der Waals surface area contributed by atoms with Gasteiger partial charge in [0.2, 0.25) is 0 Å². The van der Waals surface area contributed by atoms with Gasteiger partial charge in [-0.05, 0) is 25.6 Å². The third-order valence-corrected chi connectivity index (χ3v) is 4.57. The van der Waals surface area contributed by atoms with Crippen molar-refractivity contribution in [1.29, 1.82) is 0 Å². The molecule has 0 aromatic heterocycles. The van der Waals surface area contributed by atoms with Crippen LogP contribution in [0, 0.1) is 0 Å². The lowest BCUT2D eigenvalue weighted by atomic mass is 10.2.